The smallest absolute Gasteiger partial charge is 0.335 e. The zero-order valence-electron chi connectivity index (χ0n) is 8.47. The molecule has 1 rings (SSSR count). The largest absolute Gasteiger partial charge is 0.496 e. The molecule has 0 bridgehead atoms. The first kappa shape index (κ1) is 11.0. The molecule has 3 heteroatoms. The lowest BCUT2D eigenvalue weighted by atomic mass is 10.2. The molecule has 0 atom stereocenters. The van der Waals surface area contributed by atoms with Crippen molar-refractivity contribution in [2.45, 2.75) is 0 Å². The van der Waals surface area contributed by atoms with Gasteiger partial charge in [-0.1, -0.05) is 24.8 Å². The number of methoxy groups -OCH3 is 1. The van der Waals surface area contributed by atoms with Gasteiger partial charge < -0.3 is 9.47 Å². The summed E-state index contributed by atoms with van der Waals surface area (Å²) >= 11 is 0. The number of carbonyl (C=O) groups is 1. The summed E-state index contributed by atoms with van der Waals surface area (Å²) in [5.41, 5.74) is 0.820. The van der Waals surface area contributed by atoms with Crippen LogP contribution in [0.1, 0.15) is 5.56 Å². The van der Waals surface area contributed by atoms with E-state index in [1.165, 1.54) is 6.08 Å². The van der Waals surface area contributed by atoms with Crippen LogP contribution in [0.2, 0.25) is 0 Å². The van der Waals surface area contributed by atoms with Crippen molar-refractivity contribution in [1.82, 2.24) is 0 Å². The highest BCUT2D eigenvalue weighted by Crippen LogP contribution is 2.18. The van der Waals surface area contributed by atoms with Crippen molar-refractivity contribution in [3.8, 4) is 5.75 Å². The van der Waals surface area contributed by atoms with Crippen LogP contribution in [0.5, 0.6) is 5.75 Å². The Morgan fingerprint density at radius 1 is 1.40 bits per heavy atom. The second-order valence-electron chi connectivity index (χ2n) is 2.68. The molecule has 0 radical (unpaired) electrons. The fraction of sp³-hybridized carbons (Fsp3) is 0.0833. The Morgan fingerprint density at radius 3 is 2.80 bits per heavy atom. The fourth-order valence-corrected chi connectivity index (χ4v) is 1.08. The zero-order valence-corrected chi connectivity index (χ0v) is 8.47. The van der Waals surface area contributed by atoms with E-state index in [4.69, 9.17) is 4.74 Å². The molecule has 1 aromatic carbocycles. The van der Waals surface area contributed by atoms with E-state index < -0.39 is 5.97 Å². The normalized spacial score (nSPS) is 9.93. The zero-order chi connectivity index (χ0) is 11.1. The molecule has 3 nitrogen and oxygen atoms in total. The fourth-order valence-electron chi connectivity index (χ4n) is 1.08. The highest BCUT2D eigenvalue weighted by atomic mass is 16.5. The lowest BCUT2D eigenvalue weighted by Gasteiger charge is -2.02. The SMILES string of the molecule is C=COC(=O)/C=C/c1ccccc1OC. The first-order valence-electron chi connectivity index (χ1n) is 4.40. The van der Waals surface area contributed by atoms with Gasteiger partial charge in [0.2, 0.25) is 0 Å². The average molecular weight is 204 g/mol. The van der Waals surface area contributed by atoms with Crippen LogP contribution in [0.25, 0.3) is 6.08 Å². The summed E-state index contributed by atoms with van der Waals surface area (Å²) in [5, 5.41) is 0. The van der Waals surface area contributed by atoms with E-state index in [1.54, 1.807) is 13.2 Å². The third kappa shape index (κ3) is 3.31. The van der Waals surface area contributed by atoms with Crippen LogP contribution in [-0.2, 0) is 9.53 Å². The van der Waals surface area contributed by atoms with Crippen LogP contribution in [0, 0.1) is 0 Å². The summed E-state index contributed by atoms with van der Waals surface area (Å²) in [6.45, 7) is 3.29. The van der Waals surface area contributed by atoms with Gasteiger partial charge >= 0.3 is 5.97 Å². The number of hydrogen-bond acceptors (Lipinski definition) is 3. The van der Waals surface area contributed by atoms with E-state index in [-0.39, 0.29) is 0 Å². The summed E-state index contributed by atoms with van der Waals surface area (Å²) in [7, 11) is 1.58. The minimum Gasteiger partial charge on any atom is -0.496 e. The molecule has 0 saturated heterocycles. The minimum atomic E-state index is -0.462. The highest BCUT2D eigenvalue weighted by Gasteiger charge is 1.98. The molecule has 0 aliphatic carbocycles. The molecule has 0 spiro atoms. The molecule has 0 saturated carbocycles. The number of rotatable bonds is 4. The third-order valence-electron chi connectivity index (χ3n) is 1.74. The van der Waals surface area contributed by atoms with Gasteiger partial charge in [-0.3, -0.25) is 0 Å². The molecule has 0 aliphatic rings. The maximum absolute atomic E-state index is 11.0. The van der Waals surface area contributed by atoms with Crippen LogP contribution < -0.4 is 4.74 Å². The van der Waals surface area contributed by atoms with Crippen molar-refractivity contribution in [2.24, 2.45) is 0 Å². The number of ether oxygens (including phenoxy) is 2. The number of carbonyl (C=O) groups excluding carboxylic acids is 1. The van der Waals surface area contributed by atoms with Crippen molar-refractivity contribution in [1.29, 1.82) is 0 Å². The van der Waals surface area contributed by atoms with Gasteiger partial charge in [0.15, 0.2) is 0 Å². The number of para-hydroxylation sites is 1. The number of esters is 1. The quantitative estimate of drug-likeness (QED) is 0.429. The second-order valence-corrected chi connectivity index (χ2v) is 2.68. The Hall–Kier alpha value is -2.03. The van der Waals surface area contributed by atoms with Gasteiger partial charge in [0.25, 0.3) is 0 Å². The van der Waals surface area contributed by atoms with Crippen LogP contribution in [-0.4, -0.2) is 13.1 Å². The van der Waals surface area contributed by atoms with Crippen molar-refractivity contribution in [3.05, 3.63) is 48.7 Å². The van der Waals surface area contributed by atoms with E-state index in [2.05, 4.69) is 11.3 Å². The van der Waals surface area contributed by atoms with Crippen LogP contribution in [0.3, 0.4) is 0 Å². The Kier molecular flexibility index (Phi) is 4.16. The van der Waals surface area contributed by atoms with E-state index in [1.807, 2.05) is 24.3 Å². The van der Waals surface area contributed by atoms with E-state index >= 15 is 0 Å². The lowest BCUT2D eigenvalue weighted by molar-refractivity contribution is -0.132. The van der Waals surface area contributed by atoms with Gasteiger partial charge in [-0.05, 0) is 12.1 Å². The van der Waals surface area contributed by atoms with E-state index in [0.717, 1.165) is 11.8 Å². The standard InChI is InChI=1S/C12H12O3/c1-3-15-12(13)9-8-10-6-4-5-7-11(10)14-2/h3-9H,1H2,2H3/b9-8+. The monoisotopic (exact) mass is 204 g/mol. The predicted molar refractivity (Wildman–Crippen MR) is 58.3 cm³/mol. The van der Waals surface area contributed by atoms with Crippen molar-refractivity contribution >= 4 is 12.0 Å². The van der Waals surface area contributed by atoms with Crippen molar-refractivity contribution in [2.75, 3.05) is 7.11 Å². The number of hydrogen-bond donors (Lipinski definition) is 0. The minimum absolute atomic E-state index is 0.462. The molecule has 0 amide bonds. The van der Waals surface area contributed by atoms with Crippen LogP contribution in [0.4, 0.5) is 0 Å². The molecule has 0 aliphatic heterocycles. The first-order valence-corrected chi connectivity index (χ1v) is 4.40. The molecule has 0 aromatic heterocycles. The van der Waals surface area contributed by atoms with E-state index in [0.29, 0.717) is 5.75 Å². The molecular weight excluding hydrogens is 192 g/mol. The summed E-state index contributed by atoms with van der Waals surface area (Å²) in [6, 6.07) is 7.38. The molecule has 15 heavy (non-hydrogen) atoms. The summed E-state index contributed by atoms with van der Waals surface area (Å²) in [6.07, 6.45) is 4.04. The van der Waals surface area contributed by atoms with Gasteiger partial charge in [0.1, 0.15) is 5.75 Å². The lowest BCUT2D eigenvalue weighted by Crippen LogP contribution is -1.93. The maximum Gasteiger partial charge on any atom is 0.335 e. The summed E-state index contributed by atoms with van der Waals surface area (Å²) < 4.78 is 9.65. The van der Waals surface area contributed by atoms with Gasteiger partial charge in [-0.2, -0.15) is 0 Å². The Labute approximate surface area is 88.6 Å². The van der Waals surface area contributed by atoms with Gasteiger partial charge in [-0.15, -0.1) is 0 Å². The molecule has 1 aromatic rings. The van der Waals surface area contributed by atoms with Crippen LogP contribution in [0.15, 0.2) is 43.2 Å². The second kappa shape index (κ2) is 5.65. The van der Waals surface area contributed by atoms with E-state index in [9.17, 15) is 4.79 Å². The Bertz CT molecular complexity index is 380. The molecule has 0 unspecified atom stereocenters. The molecule has 0 N–H and O–H groups in total. The van der Waals surface area contributed by atoms with Crippen LogP contribution >= 0.6 is 0 Å². The number of benzene rings is 1. The topological polar surface area (TPSA) is 35.5 Å². The maximum atomic E-state index is 11.0. The summed E-state index contributed by atoms with van der Waals surface area (Å²) in [5.74, 6) is 0.246. The van der Waals surface area contributed by atoms with Crippen molar-refractivity contribution < 1.29 is 14.3 Å². The average Bonchev–Trinajstić information content (AvgIpc) is 2.27. The van der Waals surface area contributed by atoms with Gasteiger partial charge in [0.05, 0.1) is 13.4 Å². The van der Waals surface area contributed by atoms with Gasteiger partial charge in [-0.25, -0.2) is 4.79 Å². The molecule has 78 valence electrons. The predicted octanol–water partition coefficient (Wildman–Crippen LogP) is 2.40. The summed E-state index contributed by atoms with van der Waals surface area (Å²) in [4.78, 5) is 11.0. The first-order chi connectivity index (χ1) is 7.27. The molecule has 0 fully saturated rings. The molecular formula is C12H12O3. The van der Waals surface area contributed by atoms with Gasteiger partial charge in [0, 0.05) is 11.6 Å². The Balaban J connectivity index is 2.79. The molecule has 0 heterocycles. The third-order valence-corrected chi connectivity index (χ3v) is 1.74. The van der Waals surface area contributed by atoms with Crippen molar-refractivity contribution in [3.63, 3.8) is 0 Å². The Morgan fingerprint density at radius 2 is 2.13 bits per heavy atom. The highest BCUT2D eigenvalue weighted by molar-refractivity contribution is 5.87.